The Morgan fingerprint density at radius 1 is 1.05 bits per heavy atom. The largest absolute Gasteiger partial charge is 0.459 e. The Bertz CT molecular complexity index is 907. The molecule has 43 heavy (non-hydrogen) atoms. The number of ketones is 1. The van der Waals surface area contributed by atoms with Gasteiger partial charge >= 0.3 is 11.9 Å². The van der Waals surface area contributed by atoms with Crippen molar-refractivity contribution in [3.63, 3.8) is 0 Å². The van der Waals surface area contributed by atoms with Crippen LogP contribution in [-0.2, 0) is 23.9 Å². The Morgan fingerprint density at radius 2 is 1.65 bits per heavy atom. The van der Waals surface area contributed by atoms with Crippen LogP contribution in [-0.4, -0.2) is 41.6 Å². The maximum absolute atomic E-state index is 13.7. The molecule has 248 valence electrons. The molecule has 0 aromatic heterocycles. The summed E-state index contributed by atoms with van der Waals surface area (Å²) >= 11 is 0. The van der Waals surface area contributed by atoms with Crippen molar-refractivity contribution in [3.8, 4) is 0 Å². The van der Waals surface area contributed by atoms with E-state index in [9.17, 15) is 19.5 Å². The minimum atomic E-state index is -0.718. The minimum absolute atomic E-state index is 0.138. The second kappa shape index (κ2) is 17.1. The molecule has 6 nitrogen and oxygen atoms in total. The van der Waals surface area contributed by atoms with E-state index in [1.54, 1.807) is 13.0 Å². The van der Waals surface area contributed by atoms with Crippen molar-refractivity contribution in [2.45, 2.75) is 163 Å². The lowest BCUT2D eigenvalue weighted by Crippen LogP contribution is -2.58. The number of carbonyl (C=O) groups is 3. The van der Waals surface area contributed by atoms with Gasteiger partial charge in [0.15, 0.2) is 6.61 Å². The Labute approximate surface area is 263 Å². The number of aliphatic hydroxyl groups excluding tert-OH is 1. The summed E-state index contributed by atoms with van der Waals surface area (Å²) in [7, 11) is 0. The zero-order valence-electron chi connectivity index (χ0n) is 28.7. The van der Waals surface area contributed by atoms with E-state index in [1.807, 2.05) is 6.92 Å². The molecule has 8 atom stereocenters. The first-order valence-electron chi connectivity index (χ1n) is 17.5. The van der Waals surface area contributed by atoms with Gasteiger partial charge in [-0.25, -0.2) is 4.79 Å². The molecule has 2 rings (SSSR count). The molecule has 0 spiro atoms. The highest BCUT2D eigenvalue weighted by Gasteiger charge is 2.65. The van der Waals surface area contributed by atoms with Crippen molar-refractivity contribution in [2.24, 2.45) is 34.0 Å². The van der Waals surface area contributed by atoms with E-state index in [2.05, 4.69) is 41.2 Å². The molecule has 2 saturated carbocycles. The Kier molecular flexibility index (Phi) is 14.9. The van der Waals surface area contributed by atoms with Crippen LogP contribution in [0.25, 0.3) is 0 Å². The number of hydrogen-bond donors (Lipinski definition) is 1. The lowest BCUT2D eigenvalue weighted by atomic mass is 9.46. The summed E-state index contributed by atoms with van der Waals surface area (Å²) < 4.78 is 11.6. The average Bonchev–Trinajstić information content (AvgIpc) is 3.35. The second-order valence-electron chi connectivity index (χ2n) is 14.6. The highest BCUT2D eigenvalue weighted by atomic mass is 16.6. The first-order valence-corrected chi connectivity index (χ1v) is 17.5. The van der Waals surface area contributed by atoms with Gasteiger partial charge in [-0.2, -0.15) is 0 Å². The van der Waals surface area contributed by atoms with Crippen LogP contribution < -0.4 is 0 Å². The summed E-state index contributed by atoms with van der Waals surface area (Å²) in [4.78, 5) is 39.4. The Balaban J connectivity index is 2.10. The number of ether oxygens (including phenoxy) is 2. The molecule has 0 aromatic carbocycles. The normalized spacial score (nSPS) is 28.8. The maximum atomic E-state index is 13.7. The first kappa shape index (κ1) is 37.5. The summed E-state index contributed by atoms with van der Waals surface area (Å²) in [6.07, 6.45) is 15.6. The van der Waals surface area contributed by atoms with Crippen LogP contribution in [0.15, 0.2) is 12.7 Å². The maximum Gasteiger partial charge on any atom is 0.344 e. The molecule has 0 saturated heterocycles. The van der Waals surface area contributed by atoms with Crippen molar-refractivity contribution in [3.05, 3.63) is 12.7 Å². The lowest BCUT2D eigenvalue weighted by molar-refractivity contribution is -0.186. The molecule has 0 amide bonds. The molecule has 2 fully saturated rings. The molecular formula is C37H64O6. The third-order valence-electron chi connectivity index (χ3n) is 11.8. The van der Waals surface area contributed by atoms with Crippen LogP contribution in [0.5, 0.6) is 0 Å². The van der Waals surface area contributed by atoms with Gasteiger partial charge in [0.05, 0.1) is 6.10 Å². The van der Waals surface area contributed by atoms with Gasteiger partial charge in [-0.3, -0.25) is 9.59 Å². The zero-order valence-corrected chi connectivity index (χ0v) is 28.7. The van der Waals surface area contributed by atoms with Gasteiger partial charge in [0.2, 0.25) is 0 Å². The van der Waals surface area contributed by atoms with Crippen molar-refractivity contribution in [2.75, 3.05) is 6.61 Å². The van der Waals surface area contributed by atoms with Gasteiger partial charge in [0, 0.05) is 29.6 Å². The summed E-state index contributed by atoms with van der Waals surface area (Å²) in [6.45, 7) is 18.3. The Morgan fingerprint density at radius 3 is 2.21 bits per heavy atom. The lowest BCUT2D eigenvalue weighted by Gasteiger charge is -2.58. The topological polar surface area (TPSA) is 89.9 Å². The van der Waals surface area contributed by atoms with E-state index in [0.717, 1.165) is 44.9 Å². The Hall–Kier alpha value is -1.69. The molecule has 2 aliphatic carbocycles. The highest BCUT2D eigenvalue weighted by molar-refractivity contribution is 5.85. The van der Waals surface area contributed by atoms with Gasteiger partial charge in [-0.1, -0.05) is 105 Å². The molecule has 2 aliphatic rings. The fraction of sp³-hybridized carbons (Fsp3) is 0.865. The highest BCUT2D eigenvalue weighted by Crippen LogP contribution is 2.66. The molecule has 0 radical (unpaired) electrons. The van der Waals surface area contributed by atoms with Crippen LogP contribution in [0.3, 0.4) is 0 Å². The number of unbranched alkanes of at least 4 members (excludes halogenated alkanes) is 8. The monoisotopic (exact) mass is 604 g/mol. The van der Waals surface area contributed by atoms with E-state index in [4.69, 9.17) is 9.47 Å². The van der Waals surface area contributed by atoms with Gasteiger partial charge in [-0.05, 0) is 56.3 Å². The number of carbonyl (C=O) groups excluding carboxylic acids is 3. The zero-order chi connectivity index (χ0) is 32.3. The molecule has 0 heterocycles. The standard InChI is InChI=1S/C37H64O6/c1-9-12-13-14-15-16-17-18-19-20-32(40)42-26-33(41)43-31(25-35(7,11-3)29(6)38)36(8)23-21-28(5)37(27(4)10-2)24-22-30(39)34(36)37/h11,27-29,31,34,38H,3,9-10,12-26H2,1-2,4-8H3/t27-,28-,29+,31-,34+,35-,36+,37-/m1/s1. The van der Waals surface area contributed by atoms with E-state index < -0.39 is 35.6 Å². The van der Waals surface area contributed by atoms with Crippen molar-refractivity contribution in [1.82, 2.24) is 0 Å². The SMILES string of the molecule is C=C[C@](C)(C[C@@H](OC(=O)COC(=O)CCCCCCCCCCC)[C@]1(C)CC[C@@H](C)[C@]2([C@H](C)CC)CCC(=O)[C@@H]12)[C@H](C)O. The minimum Gasteiger partial charge on any atom is -0.459 e. The van der Waals surface area contributed by atoms with Gasteiger partial charge in [0.1, 0.15) is 11.9 Å². The van der Waals surface area contributed by atoms with Crippen LogP contribution in [0.2, 0.25) is 0 Å². The van der Waals surface area contributed by atoms with Crippen LogP contribution in [0, 0.1) is 34.0 Å². The molecule has 0 aromatic rings. The average molecular weight is 605 g/mol. The van der Waals surface area contributed by atoms with E-state index >= 15 is 0 Å². The number of rotatable bonds is 20. The quantitative estimate of drug-likeness (QED) is 0.0849. The predicted molar refractivity (Wildman–Crippen MR) is 173 cm³/mol. The second-order valence-corrected chi connectivity index (χ2v) is 14.6. The van der Waals surface area contributed by atoms with Crippen molar-refractivity contribution < 1.29 is 29.0 Å². The predicted octanol–water partition coefficient (Wildman–Crippen LogP) is 8.77. The number of esters is 2. The summed E-state index contributed by atoms with van der Waals surface area (Å²) in [6, 6.07) is 0. The molecule has 1 N–H and O–H groups in total. The van der Waals surface area contributed by atoms with Crippen LogP contribution >= 0.6 is 0 Å². The van der Waals surface area contributed by atoms with Gasteiger partial charge in [-0.15, -0.1) is 6.58 Å². The van der Waals surface area contributed by atoms with E-state index in [1.165, 1.54) is 38.5 Å². The third kappa shape index (κ3) is 9.17. The van der Waals surface area contributed by atoms with Crippen LogP contribution in [0.4, 0.5) is 0 Å². The first-order chi connectivity index (χ1) is 20.3. The van der Waals surface area contributed by atoms with Gasteiger partial charge < -0.3 is 14.6 Å². The van der Waals surface area contributed by atoms with Crippen molar-refractivity contribution >= 4 is 17.7 Å². The molecule has 0 bridgehead atoms. The van der Waals surface area contributed by atoms with E-state index in [-0.39, 0.29) is 23.1 Å². The molecule has 0 unspecified atom stereocenters. The summed E-state index contributed by atoms with van der Waals surface area (Å²) in [5.74, 6) is -0.182. The smallest absolute Gasteiger partial charge is 0.344 e. The molecule has 0 aliphatic heterocycles. The number of Topliss-reactive ketones (excluding diaryl/α,β-unsaturated/α-hetero) is 1. The fourth-order valence-electron chi connectivity index (χ4n) is 8.34. The van der Waals surface area contributed by atoms with Crippen LogP contribution in [0.1, 0.15) is 151 Å². The van der Waals surface area contributed by atoms with Crippen molar-refractivity contribution in [1.29, 1.82) is 0 Å². The van der Waals surface area contributed by atoms with E-state index in [0.29, 0.717) is 31.1 Å². The number of aliphatic hydroxyl groups is 1. The fourth-order valence-corrected chi connectivity index (χ4v) is 8.34. The third-order valence-corrected chi connectivity index (χ3v) is 11.8. The molecule has 6 heteroatoms. The number of fused-ring (bicyclic) bond motifs is 1. The van der Waals surface area contributed by atoms with Gasteiger partial charge in [0.25, 0.3) is 0 Å². The number of hydrogen-bond acceptors (Lipinski definition) is 6. The summed E-state index contributed by atoms with van der Waals surface area (Å²) in [5.41, 5.74) is -1.45. The summed E-state index contributed by atoms with van der Waals surface area (Å²) in [5, 5.41) is 10.7. The molecular weight excluding hydrogens is 540 g/mol.